The Kier molecular flexibility index (Phi) is 4.76. The lowest BCUT2D eigenvalue weighted by atomic mass is 10.2. The summed E-state index contributed by atoms with van der Waals surface area (Å²) in [6.45, 7) is 4.26. The SMILES string of the molecule is CC[C@@H](Oc1ccccc1C)C(=O)NCc1ncc[nH]1. The molecule has 0 spiro atoms. The van der Waals surface area contributed by atoms with Gasteiger partial charge in [0.1, 0.15) is 11.6 Å². The second-order valence-corrected chi connectivity index (χ2v) is 4.53. The first-order valence-electron chi connectivity index (χ1n) is 6.69. The molecule has 0 saturated heterocycles. The standard InChI is InChI=1S/C15H19N3O2/c1-3-12(20-13-7-5-4-6-11(13)2)15(19)18-10-14-16-8-9-17-14/h4-9,12H,3,10H2,1-2H3,(H,16,17)(H,18,19)/t12-/m1/s1. The molecule has 0 fully saturated rings. The van der Waals surface area contributed by atoms with Crippen molar-refractivity contribution in [2.45, 2.75) is 32.9 Å². The molecule has 1 atom stereocenters. The van der Waals surface area contributed by atoms with E-state index >= 15 is 0 Å². The van der Waals surface area contributed by atoms with Crippen LogP contribution in [0.4, 0.5) is 0 Å². The fourth-order valence-corrected chi connectivity index (χ4v) is 1.84. The fraction of sp³-hybridized carbons (Fsp3) is 0.333. The van der Waals surface area contributed by atoms with Gasteiger partial charge in [-0.1, -0.05) is 25.1 Å². The Morgan fingerprint density at radius 1 is 1.45 bits per heavy atom. The van der Waals surface area contributed by atoms with Crippen LogP contribution >= 0.6 is 0 Å². The average Bonchev–Trinajstić information content (AvgIpc) is 2.97. The van der Waals surface area contributed by atoms with Crippen LogP contribution in [0, 0.1) is 6.92 Å². The number of H-pyrrole nitrogens is 1. The van der Waals surface area contributed by atoms with Crippen molar-refractivity contribution < 1.29 is 9.53 Å². The van der Waals surface area contributed by atoms with E-state index in [9.17, 15) is 4.79 Å². The predicted octanol–water partition coefficient (Wildman–Crippen LogP) is 2.19. The van der Waals surface area contributed by atoms with Crippen LogP contribution in [-0.2, 0) is 11.3 Å². The Hall–Kier alpha value is -2.30. The summed E-state index contributed by atoms with van der Waals surface area (Å²) < 4.78 is 5.78. The largest absolute Gasteiger partial charge is 0.480 e. The Labute approximate surface area is 118 Å². The van der Waals surface area contributed by atoms with Crippen molar-refractivity contribution in [2.75, 3.05) is 0 Å². The minimum atomic E-state index is -0.494. The highest BCUT2D eigenvalue weighted by molar-refractivity contribution is 5.81. The summed E-state index contributed by atoms with van der Waals surface area (Å²) in [6.07, 6.45) is 3.50. The van der Waals surface area contributed by atoms with Crippen LogP contribution in [0.1, 0.15) is 24.7 Å². The third kappa shape index (κ3) is 3.60. The van der Waals surface area contributed by atoms with Gasteiger partial charge in [0.25, 0.3) is 5.91 Å². The molecule has 0 aliphatic rings. The molecule has 0 radical (unpaired) electrons. The average molecular weight is 273 g/mol. The second kappa shape index (κ2) is 6.75. The summed E-state index contributed by atoms with van der Waals surface area (Å²) in [7, 11) is 0. The molecule has 5 heteroatoms. The van der Waals surface area contributed by atoms with Gasteiger partial charge in [0.05, 0.1) is 6.54 Å². The van der Waals surface area contributed by atoms with E-state index in [4.69, 9.17) is 4.74 Å². The molecule has 1 aromatic heterocycles. The van der Waals surface area contributed by atoms with E-state index in [0.29, 0.717) is 13.0 Å². The summed E-state index contributed by atoms with van der Waals surface area (Å²) in [4.78, 5) is 19.1. The Morgan fingerprint density at radius 2 is 2.25 bits per heavy atom. The lowest BCUT2D eigenvalue weighted by Gasteiger charge is -2.18. The first-order valence-corrected chi connectivity index (χ1v) is 6.69. The lowest BCUT2D eigenvalue weighted by molar-refractivity contribution is -0.128. The van der Waals surface area contributed by atoms with Crippen LogP contribution in [-0.4, -0.2) is 22.0 Å². The molecule has 20 heavy (non-hydrogen) atoms. The molecule has 1 amide bonds. The first-order chi connectivity index (χ1) is 9.70. The molecule has 106 valence electrons. The number of carbonyl (C=O) groups excluding carboxylic acids is 1. The maximum absolute atomic E-state index is 12.1. The molecule has 1 aromatic carbocycles. The van der Waals surface area contributed by atoms with Crippen molar-refractivity contribution in [3.63, 3.8) is 0 Å². The molecule has 0 aliphatic heterocycles. The number of benzene rings is 1. The molecule has 0 saturated carbocycles. The van der Waals surface area contributed by atoms with Gasteiger partial charge in [-0.05, 0) is 25.0 Å². The van der Waals surface area contributed by atoms with E-state index in [2.05, 4.69) is 15.3 Å². The van der Waals surface area contributed by atoms with E-state index < -0.39 is 6.10 Å². The number of carbonyl (C=O) groups is 1. The first kappa shape index (κ1) is 14.1. The van der Waals surface area contributed by atoms with Crippen molar-refractivity contribution in [2.24, 2.45) is 0 Å². The number of aromatic nitrogens is 2. The van der Waals surface area contributed by atoms with Crippen LogP contribution in [0.2, 0.25) is 0 Å². The maximum atomic E-state index is 12.1. The van der Waals surface area contributed by atoms with Gasteiger partial charge < -0.3 is 15.0 Å². The normalized spacial score (nSPS) is 11.9. The molecular formula is C15H19N3O2. The van der Waals surface area contributed by atoms with E-state index in [1.54, 1.807) is 12.4 Å². The molecule has 0 aliphatic carbocycles. The van der Waals surface area contributed by atoms with Gasteiger partial charge in [0.2, 0.25) is 0 Å². The van der Waals surface area contributed by atoms with Crippen LogP contribution in [0.25, 0.3) is 0 Å². The van der Waals surface area contributed by atoms with Crippen molar-refractivity contribution in [1.82, 2.24) is 15.3 Å². The van der Waals surface area contributed by atoms with Crippen LogP contribution in [0.3, 0.4) is 0 Å². The molecule has 2 aromatic rings. The Bertz CT molecular complexity index is 552. The van der Waals surface area contributed by atoms with Crippen molar-refractivity contribution in [3.05, 3.63) is 48.0 Å². The molecule has 0 unspecified atom stereocenters. The number of para-hydroxylation sites is 1. The van der Waals surface area contributed by atoms with Crippen LogP contribution < -0.4 is 10.1 Å². The third-order valence-corrected chi connectivity index (χ3v) is 3.01. The van der Waals surface area contributed by atoms with Gasteiger partial charge in [-0.3, -0.25) is 4.79 Å². The lowest BCUT2D eigenvalue weighted by Crippen LogP contribution is -2.37. The molecule has 0 bridgehead atoms. The Morgan fingerprint density at radius 3 is 2.90 bits per heavy atom. The number of hydrogen-bond acceptors (Lipinski definition) is 3. The fourth-order valence-electron chi connectivity index (χ4n) is 1.84. The monoisotopic (exact) mass is 273 g/mol. The smallest absolute Gasteiger partial charge is 0.261 e. The van der Waals surface area contributed by atoms with Crippen molar-refractivity contribution in [1.29, 1.82) is 0 Å². The number of aryl methyl sites for hydroxylation is 1. The van der Waals surface area contributed by atoms with Gasteiger partial charge in [-0.25, -0.2) is 4.98 Å². The number of ether oxygens (including phenoxy) is 1. The number of nitrogens with one attached hydrogen (secondary N) is 2. The molecule has 2 N–H and O–H groups in total. The van der Waals surface area contributed by atoms with Gasteiger partial charge in [-0.2, -0.15) is 0 Å². The zero-order valence-electron chi connectivity index (χ0n) is 11.7. The van der Waals surface area contributed by atoms with E-state index in [1.807, 2.05) is 38.1 Å². The van der Waals surface area contributed by atoms with Gasteiger partial charge in [0, 0.05) is 12.4 Å². The van der Waals surface area contributed by atoms with Crippen molar-refractivity contribution >= 4 is 5.91 Å². The van der Waals surface area contributed by atoms with Crippen molar-refractivity contribution in [3.8, 4) is 5.75 Å². The summed E-state index contributed by atoms with van der Waals surface area (Å²) in [5.74, 6) is 1.34. The number of imidazole rings is 1. The number of rotatable bonds is 6. The maximum Gasteiger partial charge on any atom is 0.261 e. The molecule has 5 nitrogen and oxygen atoms in total. The van der Waals surface area contributed by atoms with E-state index in [0.717, 1.165) is 17.1 Å². The minimum absolute atomic E-state index is 0.132. The molecule has 1 heterocycles. The van der Waals surface area contributed by atoms with Gasteiger partial charge >= 0.3 is 0 Å². The number of nitrogens with zero attached hydrogens (tertiary/aromatic N) is 1. The van der Waals surface area contributed by atoms with Gasteiger partial charge in [-0.15, -0.1) is 0 Å². The second-order valence-electron chi connectivity index (χ2n) is 4.53. The predicted molar refractivity (Wildman–Crippen MR) is 76.3 cm³/mol. The van der Waals surface area contributed by atoms with Crippen LogP contribution in [0.15, 0.2) is 36.7 Å². The topological polar surface area (TPSA) is 67.0 Å². The Balaban J connectivity index is 1.94. The molecular weight excluding hydrogens is 254 g/mol. The number of hydrogen-bond donors (Lipinski definition) is 2. The molecule has 2 rings (SSSR count). The van der Waals surface area contributed by atoms with E-state index in [1.165, 1.54) is 0 Å². The van der Waals surface area contributed by atoms with E-state index in [-0.39, 0.29) is 5.91 Å². The highest BCUT2D eigenvalue weighted by Gasteiger charge is 2.18. The van der Waals surface area contributed by atoms with Crippen LogP contribution in [0.5, 0.6) is 5.75 Å². The van der Waals surface area contributed by atoms with Gasteiger partial charge in [0.15, 0.2) is 6.10 Å². The number of amides is 1. The highest BCUT2D eigenvalue weighted by Crippen LogP contribution is 2.18. The summed E-state index contributed by atoms with van der Waals surface area (Å²) >= 11 is 0. The highest BCUT2D eigenvalue weighted by atomic mass is 16.5. The summed E-state index contributed by atoms with van der Waals surface area (Å²) in [5, 5.41) is 2.82. The number of aromatic amines is 1. The summed E-state index contributed by atoms with van der Waals surface area (Å²) in [6, 6.07) is 7.68. The summed E-state index contributed by atoms with van der Waals surface area (Å²) in [5.41, 5.74) is 1.02. The minimum Gasteiger partial charge on any atom is -0.480 e. The zero-order valence-corrected chi connectivity index (χ0v) is 11.7. The zero-order chi connectivity index (χ0) is 14.4. The third-order valence-electron chi connectivity index (χ3n) is 3.01. The quantitative estimate of drug-likeness (QED) is 0.847.